The van der Waals surface area contributed by atoms with Gasteiger partial charge >= 0.3 is 0 Å². The van der Waals surface area contributed by atoms with Crippen molar-refractivity contribution in [2.45, 2.75) is 53.8 Å². The molecule has 0 aliphatic rings. The first-order valence-electron chi connectivity index (χ1n) is 6.17. The summed E-state index contributed by atoms with van der Waals surface area (Å²) in [5, 5.41) is 0. The molecule has 94 valence electrons. The van der Waals surface area contributed by atoms with Gasteiger partial charge in [0.05, 0.1) is 0 Å². The first-order chi connectivity index (χ1) is 7.67. The Balaban J connectivity index is 4.39. The van der Waals surface area contributed by atoms with Gasteiger partial charge in [-0.05, 0) is 53.0 Å². The van der Waals surface area contributed by atoms with Crippen LogP contribution >= 0.6 is 0 Å². The zero-order valence-electron chi connectivity index (χ0n) is 11.4. The lowest BCUT2D eigenvalue weighted by molar-refractivity contribution is -0.111. The molecule has 0 spiro atoms. The Morgan fingerprint density at radius 3 is 2.12 bits per heavy atom. The van der Waals surface area contributed by atoms with Crippen molar-refractivity contribution < 1.29 is 9.47 Å². The van der Waals surface area contributed by atoms with Gasteiger partial charge in [-0.3, -0.25) is 0 Å². The molecule has 0 amide bonds. The molecule has 0 atom stereocenters. The normalized spacial score (nSPS) is 13.6. The Morgan fingerprint density at radius 1 is 1.12 bits per heavy atom. The van der Waals surface area contributed by atoms with E-state index in [-0.39, 0.29) is 6.29 Å². The number of ether oxygens (including phenoxy) is 2. The second-order valence-electron chi connectivity index (χ2n) is 3.81. The average molecular weight is 226 g/mol. The molecule has 0 radical (unpaired) electrons. The van der Waals surface area contributed by atoms with Crippen LogP contribution in [0.1, 0.15) is 47.5 Å². The van der Waals surface area contributed by atoms with Gasteiger partial charge in [0.2, 0.25) is 0 Å². The predicted molar refractivity (Wildman–Crippen MR) is 69.5 cm³/mol. The van der Waals surface area contributed by atoms with Crippen molar-refractivity contribution in [1.82, 2.24) is 0 Å². The molecule has 0 unspecified atom stereocenters. The summed E-state index contributed by atoms with van der Waals surface area (Å²) >= 11 is 0. The lowest BCUT2D eigenvalue weighted by atomic mass is 10.1. The van der Waals surface area contributed by atoms with E-state index in [1.165, 1.54) is 11.1 Å². The van der Waals surface area contributed by atoms with E-state index in [9.17, 15) is 0 Å². The van der Waals surface area contributed by atoms with Crippen molar-refractivity contribution in [3.8, 4) is 0 Å². The summed E-state index contributed by atoms with van der Waals surface area (Å²) < 4.78 is 11.1. The topological polar surface area (TPSA) is 18.5 Å². The van der Waals surface area contributed by atoms with Crippen molar-refractivity contribution in [2.24, 2.45) is 0 Å². The van der Waals surface area contributed by atoms with Crippen molar-refractivity contribution in [3.63, 3.8) is 0 Å². The van der Waals surface area contributed by atoms with Crippen molar-refractivity contribution in [2.75, 3.05) is 13.2 Å². The van der Waals surface area contributed by atoms with Crippen LogP contribution in [0.15, 0.2) is 23.3 Å². The Kier molecular flexibility index (Phi) is 9.25. The van der Waals surface area contributed by atoms with Crippen LogP contribution in [0.4, 0.5) is 0 Å². The third-order valence-electron chi connectivity index (χ3n) is 2.58. The van der Waals surface area contributed by atoms with E-state index in [0.29, 0.717) is 13.2 Å². The molecule has 0 saturated heterocycles. The zero-order chi connectivity index (χ0) is 12.4. The van der Waals surface area contributed by atoms with Crippen molar-refractivity contribution in [1.29, 1.82) is 0 Å². The highest BCUT2D eigenvalue weighted by Crippen LogP contribution is 2.17. The molecule has 0 aromatic carbocycles. The fraction of sp³-hybridized carbons (Fsp3) is 0.714. The largest absolute Gasteiger partial charge is 0.349 e. The molecule has 0 aliphatic heterocycles. The molecular weight excluding hydrogens is 200 g/mol. The van der Waals surface area contributed by atoms with Crippen LogP contribution in [0, 0.1) is 0 Å². The molecule has 0 bridgehead atoms. The smallest absolute Gasteiger partial charge is 0.179 e. The summed E-state index contributed by atoms with van der Waals surface area (Å²) in [6.45, 7) is 11.7. The van der Waals surface area contributed by atoms with Gasteiger partial charge in [0.15, 0.2) is 6.29 Å². The molecule has 16 heavy (non-hydrogen) atoms. The molecule has 0 aromatic heterocycles. The van der Waals surface area contributed by atoms with Gasteiger partial charge in [-0.15, -0.1) is 0 Å². The second-order valence-corrected chi connectivity index (χ2v) is 3.81. The van der Waals surface area contributed by atoms with Crippen molar-refractivity contribution in [3.05, 3.63) is 23.3 Å². The third-order valence-corrected chi connectivity index (χ3v) is 2.58. The highest BCUT2D eigenvalue weighted by Gasteiger charge is 2.12. The van der Waals surface area contributed by atoms with Gasteiger partial charge in [0.1, 0.15) is 0 Å². The van der Waals surface area contributed by atoms with E-state index in [4.69, 9.17) is 9.47 Å². The maximum Gasteiger partial charge on any atom is 0.179 e. The second kappa shape index (κ2) is 9.61. The van der Waals surface area contributed by atoms with Crippen LogP contribution in [-0.4, -0.2) is 19.5 Å². The first-order valence-corrected chi connectivity index (χ1v) is 6.17. The van der Waals surface area contributed by atoms with Gasteiger partial charge in [0.25, 0.3) is 0 Å². The molecule has 2 nitrogen and oxygen atoms in total. The highest BCUT2D eigenvalue weighted by atomic mass is 16.7. The van der Waals surface area contributed by atoms with Gasteiger partial charge in [0, 0.05) is 13.2 Å². The van der Waals surface area contributed by atoms with E-state index in [1.54, 1.807) is 0 Å². The Bertz CT molecular complexity index is 223. The van der Waals surface area contributed by atoms with Gasteiger partial charge in [-0.1, -0.05) is 17.7 Å². The molecule has 2 heteroatoms. The highest BCUT2D eigenvalue weighted by molar-refractivity contribution is 5.13. The molecule has 0 saturated carbocycles. The summed E-state index contributed by atoms with van der Waals surface area (Å²) in [6, 6.07) is 0. The first kappa shape index (κ1) is 15.4. The lowest BCUT2D eigenvalue weighted by Gasteiger charge is -2.19. The summed E-state index contributed by atoms with van der Waals surface area (Å²) in [7, 11) is 0. The van der Waals surface area contributed by atoms with Crippen LogP contribution in [-0.2, 0) is 9.47 Å². The number of allylic oxidation sites excluding steroid dienone is 3. The minimum atomic E-state index is -0.166. The van der Waals surface area contributed by atoms with E-state index in [0.717, 1.165) is 12.8 Å². The molecular formula is C14H26O2. The molecule has 0 fully saturated rings. The Labute approximate surface area is 100 Å². The van der Waals surface area contributed by atoms with E-state index in [1.807, 2.05) is 13.8 Å². The molecule has 0 N–H and O–H groups in total. The minimum Gasteiger partial charge on any atom is -0.349 e. The fourth-order valence-electron chi connectivity index (χ4n) is 1.47. The third kappa shape index (κ3) is 6.09. The minimum absolute atomic E-state index is 0.166. The average Bonchev–Trinajstić information content (AvgIpc) is 2.28. The monoisotopic (exact) mass is 226 g/mol. The molecule has 0 aromatic rings. The van der Waals surface area contributed by atoms with Crippen molar-refractivity contribution >= 4 is 0 Å². The standard InChI is InChI=1S/C14H26O2/c1-6-9-10-11-12(4)13(5)14(15-7-2)16-8-3/h6,9,14H,7-8,10-11H2,1-5H3. The molecule has 0 aliphatic carbocycles. The number of rotatable bonds is 8. The molecule has 0 heterocycles. The van der Waals surface area contributed by atoms with Crippen LogP contribution in [0.25, 0.3) is 0 Å². The van der Waals surface area contributed by atoms with E-state index < -0.39 is 0 Å². The SMILES string of the molecule is CC=CCCC(C)=C(C)C(OCC)OCC. The Morgan fingerprint density at radius 2 is 1.69 bits per heavy atom. The lowest BCUT2D eigenvalue weighted by Crippen LogP contribution is -2.19. The van der Waals surface area contributed by atoms with E-state index in [2.05, 4.69) is 32.9 Å². The molecule has 0 rings (SSSR count). The van der Waals surface area contributed by atoms with Crippen LogP contribution in [0.5, 0.6) is 0 Å². The quantitative estimate of drug-likeness (QED) is 0.458. The van der Waals surface area contributed by atoms with Gasteiger partial charge < -0.3 is 9.47 Å². The summed E-state index contributed by atoms with van der Waals surface area (Å²) in [4.78, 5) is 0. The van der Waals surface area contributed by atoms with Crippen LogP contribution < -0.4 is 0 Å². The maximum absolute atomic E-state index is 5.57. The van der Waals surface area contributed by atoms with E-state index >= 15 is 0 Å². The van der Waals surface area contributed by atoms with Crippen LogP contribution in [0.3, 0.4) is 0 Å². The summed E-state index contributed by atoms with van der Waals surface area (Å²) in [5.74, 6) is 0. The maximum atomic E-state index is 5.57. The summed E-state index contributed by atoms with van der Waals surface area (Å²) in [6.07, 6.45) is 6.27. The zero-order valence-corrected chi connectivity index (χ0v) is 11.4. The Hall–Kier alpha value is -0.600. The number of hydrogen-bond donors (Lipinski definition) is 0. The van der Waals surface area contributed by atoms with Crippen LogP contribution in [0.2, 0.25) is 0 Å². The predicted octanol–water partition coefficient (Wildman–Crippen LogP) is 4.08. The fourth-order valence-corrected chi connectivity index (χ4v) is 1.47. The summed E-state index contributed by atoms with van der Waals surface area (Å²) in [5.41, 5.74) is 2.58. The van der Waals surface area contributed by atoms with Gasteiger partial charge in [-0.25, -0.2) is 0 Å². The number of hydrogen-bond acceptors (Lipinski definition) is 2. The van der Waals surface area contributed by atoms with Gasteiger partial charge in [-0.2, -0.15) is 0 Å².